The second-order valence-corrected chi connectivity index (χ2v) is 8.57. The highest BCUT2D eigenvalue weighted by Crippen LogP contribution is 2.33. The monoisotopic (exact) mass is 447 g/mol. The molecule has 150 valence electrons. The summed E-state index contributed by atoms with van der Waals surface area (Å²) >= 11 is 18.6. The lowest BCUT2D eigenvalue weighted by molar-refractivity contribution is 0.0932. The van der Waals surface area contributed by atoms with Gasteiger partial charge in [-0.25, -0.2) is 4.68 Å². The van der Waals surface area contributed by atoms with E-state index in [2.05, 4.69) is 10.4 Å². The smallest absolute Gasteiger partial charge is 0.272 e. The molecule has 1 aromatic heterocycles. The SMILES string of the molecule is Cc1c(C(=O)NC2CCCC2)nn(-c2ccc(Cl)cc2Cl)c1-c1ccc(Cl)cc1. The Morgan fingerprint density at radius 3 is 2.34 bits per heavy atom. The van der Waals surface area contributed by atoms with Gasteiger partial charge in [0, 0.05) is 27.2 Å². The molecule has 1 saturated carbocycles. The molecular weight excluding hydrogens is 429 g/mol. The van der Waals surface area contributed by atoms with E-state index in [1.165, 1.54) is 0 Å². The van der Waals surface area contributed by atoms with Crippen LogP contribution >= 0.6 is 34.8 Å². The summed E-state index contributed by atoms with van der Waals surface area (Å²) in [6.45, 7) is 1.90. The Kier molecular flexibility index (Phi) is 5.86. The summed E-state index contributed by atoms with van der Waals surface area (Å²) in [5.74, 6) is -0.159. The van der Waals surface area contributed by atoms with E-state index >= 15 is 0 Å². The molecule has 0 spiro atoms. The fraction of sp³-hybridized carbons (Fsp3) is 0.273. The maximum absolute atomic E-state index is 13.0. The van der Waals surface area contributed by atoms with Crippen molar-refractivity contribution in [2.45, 2.75) is 38.6 Å². The van der Waals surface area contributed by atoms with Crippen LogP contribution in [0, 0.1) is 6.92 Å². The second kappa shape index (κ2) is 8.39. The van der Waals surface area contributed by atoms with Crippen molar-refractivity contribution in [2.24, 2.45) is 0 Å². The van der Waals surface area contributed by atoms with Crippen molar-refractivity contribution < 1.29 is 4.79 Å². The average Bonchev–Trinajstić information content (AvgIpc) is 3.30. The molecule has 2 aromatic carbocycles. The summed E-state index contributed by atoms with van der Waals surface area (Å²) in [5.41, 5.74) is 3.53. The second-order valence-electron chi connectivity index (χ2n) is 7.29. The molecule has 1 amide bonds. The Morgan fingerprint density at radius 2 is 1.69 bits per heavy atom. The Bertz CT molecular complexity index is 1050. The average molecular weight is 449 g/mol. The first-order valence-electron chi connectivity index (χ1n) is 9.56. The highest BCUT2D eigenvalue weighted by molar-refractivity contribution is 6.35. The van der Waals surface area contributed by atoms with Crippen LogP contribution in [-0.2, 0) is 0 Å². The van der Waals surface area contributed by atoms with Gasteiger partial charge in [0.1, 0.15) is 0 Å². The molecule has 0 bridgehead atoms. The fourth-order valence-corrected chi connectivity index (χ4v) is 4.42. The van der Waals surface area contributed by atoms with Crippen LogP contribution in [0.4, 0.5) is 0 Å². The van der Waals surface area contributed by atoms with Crippen LogP contribution in [0.25, 0.3) is 16.9 Å². The summed E-state index contributed by atoms with van der Waals surface area (Å²) < 4.78 is 1.71. The van der Waals surface area contributed by atoms with Crippen LogP contribution < -0.4 is 5.32 Å². The van der Waals surface area contributed by atoms with E-state index in [-0.39, 0.29) is 11.9 Å². The molecular formula is C22H20Cl3N3O. The molecule has 0 unspecified atom stereocenters. The normalized spacial score (nSPS) is 14.3. The van der Waals surface area contributed by atoms with Gasteiger partial charge in [0.15, 0.2) is 5.69 Å². The minimum atomic E-state index is -0.159. The molecule has 0 saturated heterocycles. The molecule has 0 aliphatic heterocycles. The van der Waals surface area contributed by atoms with Crippen molar-refractivity contribution in [2.75, 3.05) is 0 Å². The zero-order valence-corrected chi connectivity index (χ0v) is 18.2. The topological polar surface area (TPSA) is 46.9 Å². The maximum Gasteiger partial charge on any atom is 0.272 e. The number of nitrogens with one attached hydrogen (secondary N) is 1. The number of amides is 1. The minimum Gasteiger partial charge on any atom is -0.348 e. The van der Waals surface area contributed by atoms with Gasteiger partial charge in [-0.1, -0.05) is 59.8 Å². The number of halogens is 3. The van der Waals surface area contributed by atoms with Gasteiger partial charge in [-0.2, -0.15) is 5.10 Å². The third-order valence-electron chi connectivity index (χ3n) is 5.28. The first-order chi connectivity index (χ1) is 13.9. The maximum atomic E-state index is 13.0. The third kappa shape index (κ3) is 4.16. The Balaban J connectivity index is 1.83. The standard InChI is InChI=1S/C22H20Cl3N3O/c1-13-20(22(29)26-17-4-2-3-5-17)27-28(19-11-10-16(24)12-18(19)25)21(13)14-6-8-15(23)9-7-14/h6-12,17H,2-5H2,1H3,(H,26,29). The lowest BCUT2D eigenvalue weighted by Gasteiger charge is -2.11. The van der Waals surface area contributed by atoms with Gasteiger partial charge in [-0.05, 0) is 50.1 Å². The fourth-order valence-electron chi connectivity index (χ4n) is 3.81. The molecule has 1 N–H and O–H groups in total. The Labute approximate surface area is 184 Å². The molecule has 3 aromatic rings. The lowest BCUT2D eigenvalue weighted by Crippen LogP contribution is -2.33. The van der Waals surface area contributed by atoms with E-state index in [4.69, 9.17) is 34.8 Å². The molecule has 1 aliphatic carbocycles. The molecule has 0 radical (unpaired) electrons. The molecule has 0 atom stereocenters. The van der Waals surface area contributed by atoms with Gasteiger partial charge in [0.05, 0.1) is 16.4 Å². The number of carbonyl (C=O) groups excluding carboxylic acids is 1. The van der Waals surface area contributed by atoms with Crippen molar-refractivity contribution in [1.29, 1.82) is 0 Å². The van der Waals surface area contributed by atoms with E-state index in [0.29, 0.717) is 26.4 Å². The van der Waals surface area contributed by atoms with Crippen molar-refractivity contribution in [3.63, 3.8) is 0 Å². The van der Waals surface area contributed by atoms with Crippen LogP contribution in [0.5, 0.6) is 0 Å². The predicted octanol–water partition coefficient (Wildman–Crippen LogP) is 6.48. The number of carbonyl (C=O) groups is 1. The van der Waals surface area contributed by atoms with Crippen LogP contribution in [0.15, 0.2) is 42.5 Å². The number of rotatable bonds is 4. The molecule has 4 rings (SSSR count). The largest absolute Gasteiger partial charge is 0.348 e. The van der Waals surface area contributed by atoms with Gasteiger partial charge in [0.25, 0.3) is 5.91 Å². The van der Waals surface area contributed by atoms with Gasteiger partial charge < -0.3 is 5.32 Å². The van der Waals surface area contributed by atoms with Crippen molar-refractivity contribution in [3.8, 4) is 16.9 Å². The lowest BCUT2D eigenvalue weighted by atomic mass is 10.1. The summed E-state index contributed by atoms with van der Waals surface area (Å²) in [4.78, 5) is 13.0. The van der Waals surface area contributed by atoms with E-state index in [1.807, 2.05) is 31.2 Å². The van der Waals surface area contributed by atoms with E-state index in [9.17, 15) is 4.79 Å². The molecule has 4 nitrogen and oxygen atoms in total. The predicted molar refractivity (Wildman–Crippen MR) is 118 cm³/mol. The van der Waals surface area contributed by atoms with Crippen molar-refractivity contribution in [1.82, 2.24) is 15.1 Å². The van der Waals surface area contributed by atoms with Crippen molar-refractivity contribution in [3.05, 3.63) is 68.8 Å². The highest BCUT2D eigenvalue weighted by Gasteiger charge is 2.25. The summed E-state index contributed by atoms with van der Waals surface area (Å²) in [6.07, 6.45) is 4.32. The minimum absolute atomic E-state index is 0.159. The van der Waals surface area contributed by atoms with E-state index in [0.717, 1.165) is 42.5 Å². The molecule has 1 heterocycles. The zero-order chi connectivity index (χ0) is 20.5. The first-order valence-corrected chi connectivity index (χ1v) is 10.7. The molecule has 29 heavy (non-hydrogen) atoms. The van der Waals surface area contributed by atoms with Crippen molar-refractivity contribution >= 4 is 40.7 Å². The zero-order valence-electron chi connectivity index (χ0n) is 15.9. The van der Waals surface area contributed by atoms with E-state index in [1.54, 1.807) is 22.9 Å². The molecule has 1 fully saturated rings. The molecule has 1 aliphatic rings. The van der Waals surface area contributed by atoms with E-state index < -0.39 is 0 Å². The summed E-state index contributed by atoms with van der Waals surface area (Å²) in [6, 6.07) is 12.9. The number of nitrogens with zero attached hydrogens (tertiary/aromatic N) is 2. The van der Waals surface area contributed by atoms with Crippen LogP contribution in [0.1, 0.15) is 41.7 Å². The summed E-state index contributed by atoms with van der Waals surface area (Å²) in [5, 5.41) is 9.41. The highest BCUT2D eigenvalue weighted by atomic mass is 35.5. The number of aromatic nitrogens is 2. The van der Waals surface area contributed by atoms with Crippen LogP contribution in [0.2, 0.25) is 15.1 Å². The Hall–Kier alpha value is -2.01. The van der Waals surface area contributed by atoms with Gasteiger partial charge in [-0.15, -0.1) is 0 Å². The van der Waals surface area contributed by atoms with Crippen LogP contribution in [-0.4, -0.2) is 21.7 Å². The number of hydrogen-bond acceptors (Lipinski definition) is 2. The number of hydrogen-bond donors (Lipinski definition) is 1. The quantitative estimate of drug-likeness (QED) is 0.496. The summed E-state index contributed by atoms with van der Waals surface area (Å²) in [7, 11) is 0. The van der Waals surface area contributed by atoms with Gasteiger partial charge in [0.2, 0.25) is 0 Å². The van der Waals surface area contributed by atoms with Gasteiger partial charge in [-0.3, -0.25) is 4.79 Å². The molecule has 7 heteroatoms. The third-order valence-corrected chi connectivity index (χ3v) is 6.07. The van der Waals surface area contributed by atoms with Gasteiger partial charge >= 0.3 is 0 Å². The Morgan fingerprint density at radius 1 is 1.03 bits per heavy atom. The van der Waals surface area contributed by atoms with Crippen LogP contribution in [0.3, 0.4) is 0 Å². The number of benzene rings is 2. The first kappa shape index (κ1) is 20.3.